The lowest BCUT2D eigenvalue weighted by Gasteiger charge is -2.07. The first-order chi connectivity index (χ1) is 9.00. The molecule has 2 N–H and O–H groups in total. The number of rotatable bonds is 3. The van der Waals surface area contributed by atoms with Crippen LogP contribution in [0.5, 0.6) is 0 Å². The molecular weight excluding hydrogens is 255 g/mol. The molecule has 0 fully saturated rings. The van der Waals surface area contributed by atoms with Crippen LogP contribution >= 0.6 is 0 Å². The summed E-state index contributed by atoms with van der Waals surface area (Å²) in [4.78, 5) is 8.21. The number of benzene rings is 1. The predicted octanol–water partition coefficient (Wildman–Crippen LogP) is 2.66. The van der Waals surface area contributed by atoms with Crippen LogP contribution in [-0.2, 0) is 12.6 Å². The van der Waals surface area contributed by atoms with Gasteiger partial charge in [0.15, 0.2) is 0 Å². The number of hydrogen-bond donors (Lipinski definition) is 1. The molecule has 0 atom stereocenters. The second-order valence-corrected chi connectivity index (χ2v) is 4.00. The third-order valence-corrected chi connectivity index (χ3v) is 2.62. The largest absolute Gasteiger partial charge is 0.416 e. The zero-order valence-electron chi connectivity index (χ0n) is 9.98. The van der Waals surface area contributed by atoms with E-state index in [4.69, 9.17) is 5.73 Å². The third kappa shape index (κ3) is 3.29. The fourth-order valence-corrected chi connectivity index (χ4v) is 1.61. The summed E-state index contributed by atoms with van der Waals surface area (Å²) in [6.07, 6.45) is -0.575. The standard InChI is InChI=1S/C13H12F3N3/c14-13(15,16)11-3-1-9(2-4-11)10-7-18-12(5-6-17)19-8-10/h1-4,7-8H,5-6,17H2. The Kier molecular flexibility index (Phi) is 3.80. The van der Waals surface area contributed by atoms with E-state index in [1.165, 1.54) is 12.1 Å². The van der Waals surface area contributed by atoms with Crippen LogP contribution in [0.4, 0.5) is 13.2 Å². The van der Waals surface area contributed by atoms with Gasteiger partial charge in [-0.15, -0.1) is 0 Å². The van der Waals surface area contributed by atoms with E-state index < -0.39 is 11.7 Å². The lowest BCUT2D eigenvalue weighted by Crippen LogP contribution is -2.06. The van der Waals surface area contributed by atoms with Crippen LogP contribution in [0.15, 0.2) is 36.7 Å². The molecule has 2 aromatic rings. The van der Waals surface area contributed by atoms with Crippen molar-refractivity contribution in [2.45, 2.75) is 12.6 Å². The Morgan fingerprint density at radius 1 is 0.947 bits per heavy atom. The Balaban J connectivity index is 2.22. The predicted molar refractivity (Wildman–Crippen MR) is 65.2 cm³/mol. The molecule has 6 heteroatoms. The molecule has 0 unspecified atom stereocenters. The van der Waals surface area contributed by atoms with Crippen LogP contribution in [0.1, 0.15) is 11.4 Å². The number of nitrogens with zero attached hydrogens (tertiary/aromatic N) is 2. The van der Waals surface area contributed by atoms with Crippen molar-refractivity contribution >= 4 is 0 Å². The van der Waals surface area contributed by atoms with Gasteiger partial charge in [0.25, 0.3) is 0 Å². The van der Waals surface area contributed by atoms with E-state index in [0.717, 1.165) is 12.1 Å². The van der Waals surface area contributed by atoms with Gasteiger partial charge in [0.05, 0.1) is 5.56 Å². The number of nitrogens with two attached hydrogens (primary N) is 1. The smallest absolute Gasteiger partial charge is 0.330 e. The van der Waals surface area contributed by atoms with Crippen LogP contribution in [0, 0.1) is 0 Å². The van der Waals surface area contributed by atoms with E-state index >= 15 is 0 Å². The van der Waals surface area contributed by atoms with Gasteiger partial charge < -0.3 is 5.73 Å². The summed E-state index contributed by atoms with van der Waals surface area (Å²) in [6, 6.07) is 4.90. The van der Waals surface area contributed by atoms with Crippen molar-refractivity contribution in [1.82, 2.24) is 9.97 Å². The zero-order valence-corrected chi connectivity index (χ0v) is 9.98. The number of hydrogen-bond acceptors (Lipinski definition) is 3. The topological polar surface area (TPSA) is 51.8 Å². The van der Waals surface area contributed by atoms with Gasteiger partial charge in [-0.05, 0) is 24.2 Å². The fourth-order valence-electron chi connectivity index (χ4n) is 1.61. The molecule has 0 saturated carbocycles. The molecule has 2 rings (SSSR count). The van der Waals surface area contributed by atoms with Gasteiger partial charge in [0, 0.05) is 24.4 Å². The number of aromatic nitrogens is 2. The molecule has 0 spiro atoms. The van der Waals surface area contributed by atoms with Crippen molar-refractivity contribution in [3.63, 3.8) is 0 Å². The minimum atomic E-state index is -4.32. The van der Waals surface area contributed by atoms with Gasteiger partial charge in [0.2, 0.25) is 0 Å². The molecule has 100 valence electrons. The summed E-state index contributed by atoms with van der Waals surface area (Å²) >= 11 is 0. The van der Waals surface area contributed by atoms with E-state index in [9.17, 15) is 13.2 Å². The average Bonchev–Trinajstić information content (AvgIpc) is 2.39. The van der Waals surface area contributed by atoms with Gasteiger partial charge in [-0.3, -0.25) is 0 Å². The summed E-state index contributed by atoms with van der Waals surface area (Å²) in [5.41, 5.74) is 6.03. The van der Waals surface area contributed by atoms with E-state index in [2.05, 4.69) is 9.97 Å². The summed E-state index contributed by atoms with van der Waals surface area (Å²) < 4.78 is 37.3. The first-order valence-corrected chi connectivity index (χ1v) is 5.69. The second kappa shape index (κ2) is 5.36. The maximum absolute atomic E-state index is 12.4. The van der Waals surface area contributed by atoms with Crippen LogP contribution in [0.2, 0.25) is 0 Å². The van der Waals surface area contributed by atoms with Crippen molar-refractivity contribution < 1.29 is 13.2 Å². The zero-order chi connectivity index (χ0) is 13.9. The maximum Gasteiger partial charge on any atom is 0.416 e. The molecule has 0 bridgehead atoms. The molecule has 0 aliphatic heterocycles. The molecule has 1 heterocycles. The Morgan fingerprint density at radius 3 is 2.00 bits per heavy atom. The SMILES string of the molecule is NCCc1ncc(-c2ccc(C(F)(F)F)cc2)cn1. The van der Waals surface area contributed by atoms with Crippen molar-refractivity contribution in [3.8, 4) is 11.1 Å². The van der Waals surface area contributed by atoms with Crippen LogP contribution in [0.3, 0.4) is 0 Å². The molecule has 19 heavy (non-hydrogen) atoms. The minimum Gasteiger partial charge on any atom is -0.330 e. The van der Waals surface area contributed by atoms with E-state index in [-0.39, 0.29) is 0 Å². The van der Waals surface area contributed by atoms with Gasteiger partial charge in [-0.25, -0.2) is 9.97 Å². The second-order valence-electron chi connectivity index (χ2n) is 4.00. The first kappa shape index (κ1) is 13.5. The minimum absolute atomic E-state index is 0.458. The van der Waals surface area contributed by atoms with Crippen LogP contribution < -0.4 is 5.73 Å². The maximum atomic E-state index is 12.4. The lowest BCUT2D eigenvalue weighted by molar-refractivity contribution is -0.137. The highest BCUT2D eigenvalue weighted by atomic mass is 19.4. The number of halogens is 3. The van der Waals surface area contributed by atoms with Crippen molar-refractivity contribution in [2.24, 2.45) is 5.73 Å². The first-order valence-electron chi connectivity index (χ1n) is 5.69. The van der Waals surface area contributed by atoms with Gasteiger partial charge >= 0.3 is 6.18 Å². The molecule has 0 amide bonds. The quantitative estimate of drug-likeness (QED) is 0.930. The normalized spacial score (nSPS) is 11.6. The molecule has 0 aliphatic carbocycles. The van der Waals surface area contributed by atoms with Gasteiger partial charge in [-0.2, -0.15) is 13.2 Å². The van der Waals surface area contributed by atoms with E-state index in [0.29, 0.717) is 29.9 Å². The lowest BCUT2D eigenvalue weighted by atomic mass is 10.1. The summed E-state index contributed by atoms with van der Waals surface area (Å²) in [7, 11) is 0. The van der Waals surface area contributed by atoms with Gasteiger partial charge in [0.1, 0.15) is 5.82 Å². The van der Waals surface area contributed by atoms with E-state index in [1.54, 1.807) is 12.4 Å². The fraction of sp³-hybridized carbons (Fsp3) is 0.231. The molecule has 3 nitrogen and oxygen atoms in total. The molecule has 0 aliphatic rings. The Morgan fingerprint density at radius 2 is 1.53 bits per heavy atom. The Bertz CT molecular complexity index is 533. The molecule has 0 saturated heterocycles. The molecule has 1 aromatic heterocycles. The number of alkyl halides is 3. The van der Waals surface area contributed by atoms with Crippen molar-refractivity contribution in [2.75, 3.05) is 6.54 Å². The summed E-state index contributed by atoms with van der Waals surface area (Å²) in [5, 5.41) is 0. The highest BCUT2D eigenvalue weighted by Crippen LogP contribution is 2.30. The molecule has 1 aromatic carbocycles. The van der Waals surface area contributed by atoms with Crippen molar-refractivity contribution in [1.29, 1.82) is 0 Å². The highest BCUT2D eigenvalue weighted by molar-refractivity contribution is 5.61. The average molecular weight is 267 g/mol. The molecular formula is C13H12F3N3. The summed E-state index contributed by atoms with van der Waals surface area (Å²) in [5.74, 6) is 0.623. The third-order valence-electron chi connectivity index (χ3n) is 2.62. The van der Waals surface area contributed by atoms with Crippen molar-refractivity contribution in [3.05, 3.63) is 48.0 Å². The van der Waals surface area contributed by atoms with Crippen LogP contribution in [-0.4, -0.2) is 16.5 Å². The Hall–Kier alpha value is -1.95. The van der Waals surface area contributed by atoms with E-state index in [1.807, 2.05) is 0 Å². The highest BCUT2D eigenvalue weighted by Gasteiger charge is 2.29. The van der Waals surface area contributed by atoms with Crippen LogP contribution in [0.25, 0.3) is 11.1 Å². The molecule has 0 radical (unpaired) electrons. The van der Waals surface area contributed by atoms with Gasteiger partial charge in [-0.1, -0.05) is 12.1 Å². The monoisotopic (exact) mass is 267 g/mol. The Labute approximate surface area is 108 Å². The summed E-state index contributed by atoms with van der Waals surface area (Å²) in [6.45, 7) is 0.458.